The third kappa shape index (κ3) is 3.11. The van der Waals surface area contributed by atoms with E-state index in [0.717, 1.165) is 12.8 Å². The summed E-state index contributed by atoms with van der Waals surface area (Å²) in [6.45, 7) is 1.20. The second kappa shape index (κ2) is 5.83. The van der Waals surface area contributed by atoms with Gasteiger partial charge in [-0.2, -0.15) is 4.98 Å². The van der Waals surface area contributed by atoms with Gasteiger partial charge in [0.1, 0.15) is 0 Å². The molecule has 19 heavy (non-hydrogen) atoms. The predicted octanol–water partition coefficient (Wildman–Crippen LogP) is 1.33. The fourth-order valence-electron chi connectivity index (χ4n) is 2.52. The van der Waals surface area contributed by atoms with E-state index in [1.54, 1.807) is 0 Å². The number of nitrogen functional groups attached to an aromatic ring is 1. The van der Waals surface area contributed by atoms with Gasteiger partial charge in [-0.1, -0.05) is 6.42 Å². The van der Waals surface area contributed by atoms with Crippen molar-refractivity contribution in [3.05, 3.63) is 22.2 Å². The Bertz CT molecular complexity index is 466. The van der Waals surface area contributed by atoms with E-state index >= 15 is 0 Å². The van der Waals surface area contributed by atoms with Crippen LogP contribution in [0.1, 0.15) is 19.3 Å². The normalized spacial score (nSPS) is 22.4. The molecule has 0 aliphatic heterocycles. The first-order chi connectivity index (χ1) is 9.11. The van der Waals surface area contributed by atoms with Gasteiger partial charge in [-0.15, -0.1) is 0 Å². The van der Waals surface area contributed by atoms with Gasteiger partial charge < -0.3 is 16.2 Å². The van der Waals surface area contributed by atoms with Gasteiger partial charge in [-0.05, 0) is 31.2 Å². The number of pyridine rings is 1. The Labute approximate surface area is 111 Å². The number of nitrogens with zero attached hydrogens (tertiary/aromatic N) is 2. The highest BCUT2D eigenvalue weighted by Gasteiger charge is 2.26. The van der Waals surface area contributed by atoms with Crippen LogP contribution in [0.25, 0.3) is 0 Å². The van der Waals surface area contributed by atoms with E-state index in [9.17, 15) is 10.1 Å². The predicted molar refractivity (Wildman–Crippen MR) is 70.7 cm³/mol. The van der Waals surface area contributed by atoms with E-state index in [2.05, 4.69) is 4.98 Å². The van der Waals surface area contributed by atoms with Crippen LogP contribution in [0.15, 0.2) is 12.1 Å². The van der Waals surface area contributed by atoms with Crippen LogP contribution in [0.3, 0.4) is 0 Å². The van der Waals surface area contributed by atoms with Gasteiger partial charge in [0.2, 0.25) is 11.7 Å². The van der Waals surface area contributed by atoms with Gasteiger partial charge in [0.25, 0.3) is 0 Å². The number of nitro groups is 1. The number of aromatic nitrogens is 1. The summed E-state index contributed by atoms with van der Waals surface area (Å²) >= 11 is 0. The third-order valence-electron chi connectivity index (χ3n) is 3.64. The fourth-order valence-corrected chi connectivity index (χ4v) is 2.52. The van der Waals surface area contributed by atoms with E-state index in [0.29, 0.717) is 30.9 Å². The van der Waals surface area contributed by atoms with Gasteiger partial charge in [0.05, 0.1) is 11.5 Å². The van der Waals surface area contributed by atoms with Gasteiger partial charge in [-0.25, -0.2) is 0 Å². The summed E-state index contributed by atoms with van der Waals surface area (Å²) in [4.78, 5) is 13.9. The van der Waals surface area contributed by atoms with Crippen LogP contribution in [-0.2, 0) is 0 Å². The Morgan fingerprint density at radius 3 is 2.79 bits per heavy atom. The molecule has 0 aromatic carbocycles. The van der Waals surface area contributed by atoms with Crippen LogP contribution in [0.5, 0.6) is 5.88 Å². The van der Waals surface area contributed by atoms with Crippen molar-refractivity contribution in [3.63, 3.8) is 0 Å². The Hall–Kier alpha value is -1.89. The third-order valence-corrected chi connectivity index (χ3v) is 3.64. The Morgan fingerprint density at radius 1 is 1.42 bits per heavy atom. The molecule has 1 aliphatic rings. The molecule has 1 aliphatic carbocycles. The van der Waals surface area contributed by atoms with Crippen LogP contribution in [-0.4, -0.2) is 23.1 Å². The minimum Gasteiger partial charge on any atom is -0.477 e. The number of anilines is 1. The molecule has 7 heteroatoms. The molecule has 0 bridgehead atoms. The zero-order chi connectivity index (χ0) is 13.8. The zero-order valence-electron chi connectivity index (χ0n) is 10.6. The average Bonchev–Trinajstić information content (AvgIpc) is 2.83. The highest BCUT2D eigenvalue weighted by Crippen LogP contribution is 2.31. The molecule has 104 valence electrons. The molecule has 4 N–H and O–H groups in total. The molecule has 0 saturated heterocycles. The maximum Gasteiger partial charge on any atom is 0.311 e. The van der Waals surface area contributed by atoms with Crippen molar-refractivity contribution in [2.75, 3.05) is 18.9 Å². The van der Waals surface area contributed by atoms with Crippen LogP contribution in [0.4, 0.5) is 11.5 Å². The Morgan fingerprint density at radius 2 is 2.16 bits per heavy atom. The molecule has 7 nitrogen and oxygen atoms in total. The first kappa shape index (κ1) is 13.5. The van der Waals surface area contributed by atoms with E-state index < -0.39 is 4.92 Å². The van der Waals surface area contributed by atoms with Gasteiger partial charge >= 0.3 is 5.69 Å². The number of hydrogen-bond donors (Lipinski definition) is 2. The van der Waals surface area contributed by atoms with Crippen molar-refractivity contribution < 1.29 is 9.66 Å². The lowest BCUT2D eigenvalue weighted by Crippen LogP contribution is -2.23. The van der Waals surface area contributed by atoms with E-state index in [4.69, 9.17) is 16.2 Å². The number of nitrogens with two attached hydrogens (primary N) is 2. The number of rotatable bonds is 5. The standard InChI is InChI=1S/C12H18N4O3/c13-6-8-2-1-3-9(8)7-19-11-5-4-10(16(17)18)12(14)15-11/h4-5,8-9H,1-3,6-7,13H2,(H2,14,15). The minimum atomic E-state index is -0.562. The maximum absolute atomic E-state index is 10.6. The molecule has 2 unspecified atom stereocenters. The summed E-state index contributed by atoms with van der Waals surface area (Å²) in [7, 11) is 0. The molecular formula is C12H18N4O3. The lowest BCUT2D eigenvalue weighted by Gasteiger charge is -2.17. The molecule has 2 rings (SSSR count). The van der Waals surface area contributed by atoms with E-state index in [1.807, 2.05) is 0 Å². The lowest BCUT2D eigenvalue weighted by atomic mass is 9.97. The summed E-state index contributed by atoms with van der Waals surface area (Å²) in [5.74, 6) is 1.13. The first-order valence-electron chi connectivity index (χ1n) is 6.35. The second-order valence-electron chi connectivity index (χ2n) is 4.81. The molecule has 1 heterocycles. The van der Waals surface area contributed by atoms with Crippen LogP contribution < -0.4 is 16.2 Å². The quantitative estimate of drug-likeness (QED) is 0.613. The SMILES string of the molecule is NCC1CCCC1COc1ccc([N+](=O)[O-])c(N)n1. The summed E-state index contributed by atoms with van der Waals surface area (Å²) in [6.07, 6.45) is 3.41. The smallest absolute Gasteiger partial charge is 0.311 e. The summed E-state index contributed by atoms with van der Waals surface area (Å²) < 4.78 is 5.57. The highest BCUT2D eigenvalue weighted by molar-refractivity contribution is 5.53. The molecule has 1 aromatic rings. The Balaban J connectivity index is 1.96. The highest BCUT2D eigenvalue weighted by atomic mass is 16.6. The molecule has 1 aromatic heterocycles. The van der Waals surface area contributed by atoms with Crippen LogP contribution in [0, 0.1) is 22.0 Å². The summed E-state index contributed by atoms with van der Waals surface area (Å²) in [5.41, 5.74) is 11.0. The van der Waals surface area contributed by atoms with Gasteiger partial charge in [0.15, 0.2) is 0 Å². The van der Waals surface area contributed by atoms with Gasteiger partial charge in [-0.3, -0.25) is 10.1 Å². The summed E-state index contributed by atoms with van der Waals surface area (Å²) in [5, 5.41) is 10.6. The number of hydrogen-bond acceptors (Lipinski definition) is 6. The maximum atomic E-state index is 10.6. The van der Waals surface area contributed by atoms with Crippen molar-refractivity contribution in [2.24, 2.45) is 17.6 Å². The van der Waals surface area contributed by atoms with E-state index in [-0.39, 0.29) is 11.5 Å². The molecule has 0 radical (unpaired) electrons. The lowest BCUT2D eigenvalue weighted by molar-refractivity contribution is -0.384. The topological polar surface area (TPSA) is 117 Å². The van der Waals surface area contributed by atoms with Crippen molar-refractivity contribution >= 4 is 11.5 Å². The van der Waals surface area contributed by atoms with Crippen molar-refractivity contribution in [2.45, 2.75) is 19.3 Å². The van der Waals surface area contributed by atoms with Crippen LogP contribution in [0.2, 0.25) is 0 Å². The van der Waals surface area contributed by atoms with Crippen LogP contribution >= 0.6 is 0 Å². The molecule has 1 fully saturated rings. The van der Waals surface area contributed by atoms with Crippen molar-refractivity contribution in [3.8, 4) is 5.88 Å². The van der Waals surface area contributed by atoms with E-state index in [1.165, 1.54) is 18.6 Å². The summed E-state index contributed by atoms with van der Waals surface area (Å²) in [6, 6.07) is 2.79. The zero-order valence-corrected chi connectivity index (χ0v) is 10.6. The molecule has 2 atom stereocenters. The monoisotopic (exact) mass is 266 g/mol. The minimum absolute atomic E-state index is 0.121. The molecule has 1 saturated carbocycles. The largest absolute Gasteiger partial charge is 0.477 e. The second-order valence-corrected chi connectivity index (χ2v) is 4.81. The van der Waals surface area contributed by atoms with Gasteiger partial charge in [0, 0.05) is 12.1 Å². The molecule has 0 amide bonds. The number of ether oxygens (including phenoxy) is 1. The fraction of sp³-hybridized carbons (Fsp3) is 0.583. The van der Waals surface area contributed by atoms with Crippen molar-refractivity contribution in [1.82, 2.24) is 4.98 Å². The van der Waals surface area contributed by atoms with Crippen molar-refractivity contribution in [1.29, 1.82) is 0 Å². The average molecular weight is 266 g/mol. The first-order valence-corrected chi connectivity index (χ1v) is 6.35. The Kier molecular flexibility index (Phi) is 4.16. The molecular weight excluding hydrogens is 248 g/mol. The molecule has 0 spiro atoms.